The summed E-state index contributed by atoms with van der Waals surface area (Å²) < 4.78 is 11.7. The Hall–Kier alpha value is -3.66. The number of hydrogen-bond donors (Lipinski definition) is 0. The van der Waals surface area contributed by atoms with Gasteiger partial charge in [0.2, 0.25) is 11.6 Å². The van der Waals surface area contributed by atoms with Crippen LogP contribution in [0.25, 0.3) is 32.7 Å². The van der Waals surface area contributed by atoms with Crippen LogP contribution in [0.3, 0.4) is 0 Å². The smallest absolute Gasteiger partial charge is 0.233 e. The van der Waals surface area contributed by atoms with Gasteiger partial charge in [0.25, 0.3) is 0 Å². The lowest BCUT2D eigenvalue weighted by atomic mass is 9.90. The molecule has 3 aromatic carbocycles. The molecule has 0 N–H and O–H groups in total. The van der Waals surface area contributed by atoms with Gasteiger partial charge in [0.15, 0.2) is 11.5 Å². The first-order valence-electron chi connectivity index (χ1n) is 8.69. The van der Waals surface area contributed by atoms with Crippen LogP contribution in [0, 0.1) is 6.92 Å². The number of hydrogen-bond acceptors (Lipinski definition) is 4. The van der Waals surface area contributed by atoms with Gasteiger partial charge in [-0.1, -0.05) is 35.9 Å². The van der Waals surface area contributed by atoms with Gasteiger partial charge < -0.3 is 8.83 Å². The summed E-state index contributed by atoms with van der Waals surface area (Å²) >= 11 is 0. The highest BCUT2D eigenvalue weighted by atomic mass is 16.4. The van der Waals surface area contributed by atoms with E-state index in [2.05, 4.69) is 0 Å². The minimum atomic E-state index is -0.303. The molecule has 0 saturated carbocycles. The molecule has 0 radical (unpaired) electrons. The number of benzene rings is 3. The number of carbonyl (C=O) groups excluding carboxylic acids is 2. The van der Waals surface area contributed by atoms with E-state index in [1.807, 2.05) is 55.5 Å². The minimum Gasteiger partial charge on any atom is -0.452 e. The topological polar surface area (TPSA) is 60.4 Å². The maximum Gasteiger partial charge on any atom is 0.233 e. The normalized spacial score (nSPS) is 13.5. The van der Waals surface area contributed by atoms with Crippen molar-refractivity contribution in [2.45, 2.75) is 6.92 Å². The summed E-state index contributed by atoms with van der Waals surface area (Å²) in [7, 11) is 0. The summed E-state index contributed by atoms with van der Waals surface area (Å²) in [5, 5.41) is 3.28. The highest BCUT2D eigenvalue weighted by Gasteiger charge is 2.39. The lowest BCUT2D eigenvalue weighted by molar-refractivity contribution is 0.0947. The molecule has 4 nitrogen and oxygen atoms in total. The van der Waals surface area contributed by atoms with Crippen molar-refractivity contribution in [2.75, 3.05) is 0 Å². The first-order chi connectivity index (χ1) is 13.1. The maximum atomic E-state index is 13.2. The number of ketones is 2. The standard InChI is InChI=1S/C23H12O4/c1-11-6-7-16-14(8-11)18-20(24)23-19(21(25)22(18)26-16)15-9-12-4-2-3-5-13(12)10-17(15)27-23/h2-10H,1H3. The van der Waals surface area contributed by atoms with Crippen molar-refractivity contribution in [1.29, 1.82) is 0 Å². The highest BCUT2D eigenvalue weighted by Crippen LogP contribution is 2.40. The van der Waals surface area contributed by atoms with E-state index in [0.29, 0.717) is 33.1 Å². The van der Waals surface area contributed by atoms with E-state index in [-0.39, 0.29) is 23.1 Å². The minimum absolute atomic E-state index is 0.0991. The third-order valence-corrected chi connectivity index (χ3v) is 5.27. The first kappa shape index (κ1) is 14.5. The molecule has 4 heteroatoms. The predicted octanol–water partition coefficient (Wildman–Crippen LogP) is 5.42. The monoisotopic (exact) mass is 352 g/mol. The van der Waals surface area contributed by atoms with Gasteiger partial charge in [-0.15, -0.1) is 0 Å². The molecule has 0 saturated heterocycles. The van der Waals surface area contributed by atoms with Crippen molar-refractivity contribution in [1.82, 2.24) is 0 Å². The zero-order chi connectivity index (χ0) is 18.3. The van der Waals surface area contributed by atoms with Gasteiger partial charge in [0, 0.05) is 10.8 Å². The Bertz CT molecular complexity index is 1460. The van der Waals surface area contributed by atoms with Gasteiger partial charge in [0.1, 0.15) is 11.2 Å². The molecule has 0 unspecified atom stereocenters. The molecule has 0 bridgehead atoms. The average molecular weight is 352 g/mol. The maximum absolute atomic E-state index is 13.2. The van der Waals surface area contributed by atoms with Crippen LogP contribution in [-0.2, 0) is 0 Å². The summed E-state index contributed by atoms with van der Waals surface area (Å²) in [5.74, 6) is -0.405. The van der Waals surface area contributed by atoms with E-state index >= 15 is 0 Å². The van der Waals surface area contributed by atoms with Crippen LogP contribution in [0.2, 0.25) is 0 Å². The fourth-order valence-corrected chi connectivity index (χ4v) is 3.99. The third kappa shape index (κ3) is 1.77. The molecule has 0 fully saturated rings. The van der Waals surface area contributed by atoms with Gasteiger partial charge in [-0.2, -0.15) is 0 Å². The van der Waals surface area contributed by atoms with Gasteiger partial charge >= 0.3 is 0 Å². The van der Waals surface area contributed by atoms with Gasteiger partial charge in [-0.3, -0.25) is 9.59 Å². The Morgan fingerprint density at radius 1 is 0.667 bits per heavy atom. The molecule has 2 heterocycles. The van der Waals surface area contributed by atoms with Crippen molar-refractivity contribution in [2.24, 2.45) is 0 Å². The summed E-state index contributed by atoms with van der Waals surface area (Å²) in [6, 6.07) is 17.1. The molecular weight excluding hydrogens is 340 g/mol. The number of carbonyl (C=O) groups is 2. The van der Waals surface area contributed by atoms with Crippen molar-refractivity contribution >= 4 is 44.3 Å². The van der Waals surface area contributed by atoms with Crippen LogP contribution < -0.4 is 0 Å². The molecule has 1 aliphatic rings. The molecular formula is C23H12O4. The van der Waals surface area contributed by atoms with E-state index < -0.39 is 0 Å². The Kier molecular flexibility index (Phi) is 2.54. The number of furan rings is 2. The van der Waals surface area contributed by atoms with E-state index in [1.54, 1.807) is 6.07 Å². The Morgan fingerprint density at radius 3 is 1.96 bits per heavy atom. The predicted molar refractivity (Wildman–Crippen MR) is 102 cm³/mol. The summed E-state index contributed by atoms with van der Waals surface area (Å²) in [6.45, 7) is 1.94. The molecule has 6 rings (SSSR count). The van der Waals surface area contributed by atoms with Gasteiger partial charge in [-0.25, -0.2) is 0 Å². The molecule has 2 aromatic heterocycles. The SMILES string of the molecule is Cc1ccc2oc3c(c2c1)C(=O)c1oc2cc4ccccc4cc2c1C3=O. The second-order valence-corrected chi connectivity index (χ2v) is 6.97. The quantitative estimate of drug-likeness (QED) is 0.366. The van der Waals surface area contributed by atoms with E-state index in [9.17, 15) is 9.59 Å². The Morgan fingerprint density at radius 2 is 1.26 bits per heavy atom. The largest absolute Gasteiger partial charge is 0.452 e. The zero-order valence-electron chi connectivity index (χ0n) is 14.3. The number of fused-ring (bicyclic) bond motifs is 7. The van der Waals surface area contributed by atoms with Crippen molar-refractivity contribution in [3.63, 3.8) is 0 Å². The van der Waals surface area contributed by atoms with E-state index in [0.717, 1.165) is 16.3 Å². The van der Waals surface area contributed by atoms with Crippen LogP contribution in [-0.4, -0.2) is 11.6 Å². The van der Waals surface area contributed by atoms with Gasteiger partial charge in [0.05, 0.1) is 11.1 Å². The summed E-state index contributed by atoms with van der Waals surface area (Å²) in [4.78, 5) is 26.4. The van der Waals surface area contributed by atoms with Crippen LogP contribution >= 0.6 is 0 Å². The van der Waals surface area contributed by atoms with E-state index in [4.69, 9.17) is 8.83 Å². The van der Waals surface area contributed by atoms with Crippen LogP contribution in [0.4, 0.5) is 0 Å². The van der Waals surface area contributed by atoms with Crippen molar-refractivity contribution in [3.05, 3.63) is 82.8 Å². The second kappa shape index (κ2) is 4.74. The second-order valence-electron chi connectivity index (χ2n) is 6.97. The summed E-state index contributed by atoms with van der Waals surface area (Å²) in [5.41, 5.74) is 2.66. The molecule has 0 amide bonds. The first-order valence-corrected chi connectivity index (χ1v) is 8.69. The molecule has 128 valence electrons. The molecule has 0 aliphatic heterocycles. The fourth-order valence-electron chi connectivity index (χ4n) is 3.99. The van der Waals surface area contributed by atoms with Gasteiger partial charge in [-0.05, 0) is 42.0 Å². The molecule has 5 aromatic rings. The summed E-state index contributed by atoms with van der Waals surface area (Å²) in [6.07, 6.45) is 0. The number of rotatable bonds is 0. The lowest BCUT2D eigenvalue weighted by Crippen LogP contribution is -2.17. The number of aryl methyl sites for hydroxylation is 1. The Labute approximate surface area is 153 Å². The highest BCUT2D eigenvalue weighted by molar-refractivity contribution is 6.34. The van der Waals surface area contributed by atoms with Crippen LogP contribution in [0.15, 0.2) is 63.4 Å². The van der Waals surface area contributed by atoms with Crippen LogP contribution in [0.5, 0.6) is 0 Å². The molecule has 27 heavy (non-hydrogen) atoms. The van der Waals surface area contributed by atoms with E-state index in [1.165, 1.54) is 0 Å². The van der Waals surface area contributed by atoms with Crippen molar-refractivity contribution < 1.29 is 18.4 Å². The fraction of sp³-hybridized carbons (Fsp3) is 0.0435. The molecule has 0 spiro atoms. The lowest BCUT2D eigenvalue weighted by Gasteiger charge is -2.08. The Balaban J connectivity index is 1.71. The van der Waals surface area contributed by atoms with Crippen LogP contribution in [0.1, 0.15) is 37.8 Å². The molecule has 0 atom stereocenters. The van der Waals surface area contributed by atoms with Crippen molar-refractivity contribution in [3.8, 4) is 0 Å². The average Bonchev–Trinajstić information content (AvgIpc) is 3.23. The molecule has 1 aliphatic carbocycles. The third-order valence-electron chi connectivity index (χ3n) is 5.27. The zero-order valence-corrected chi connectivity index (χ0v) is 14.3.